The molecule has 0 rings (SSSR count). The van der Waals surface area contributed by atoms with Gasteiger partial charge in [-0.05, 0) is 0 Å². The van der Waals surface area contributed by atoms with Crippen LogP contribution < -0.4 is 0 Å². The molecule has 0 bridgehead atoms. The van der Waals surface area contributed by atoms with Crippen LogP contribution in [0.25, 0.3) is 0 Å². The Morgan fingerprint density at radius 3 is 2.20 bits per heavy atom. The van der Waals surface area contributed by atoms with Crippen LogP contribution >= 0.6 is 7.37 Å². The van der Waals surface area contributed by atoms with Crippen LogP contribution in [0, 0.1) is 0 Å². The first-order valence-corrected chi connectivity index (χ1v) is 5.51. The van der Waals surface area contributed by atoms with E-state index >= 15 is 0 Å². The maximum Gasteiger partial charge on any atom is 0.202 e. The monoisotopic (exact) mass is 166 g/mol. The molecule has 0 saturated heterocycles. The van der Waals surface area contributed by atoms with Crippen molar-refractivity contribution in [2.24, 2.45) is 0 Å². The second-order valence-corrected chi connectivity index (χ2v) is 5.16. The fraction of sp³-hybridized carbons (Fsp3) is 1.00. The van der Waals surface area contributed by atoms with Gasteiger partial charge in [0.25, 0.3) is 0 Å². The van der Waals surface area contributed by atoms with E-state index in [0.29, 0.717) is 12.3 Å². The summed E-state index contributed by atoms with van der Waals surface area (Å²) >= 11 is 0. The van der Waals surface area contributed by atoms with Crippen molar-refractivity contribution in [1.82, 2.24) is 0 Å². The third-order valence-corrected chi connectivity index (χ3v) is 3.96. The van der Waals surface area contributed by atoms with Crippen LogP contribution in [-0.4, -0.2) is 30.6 Å². The van der Waals surface area contributed by atoms with Crippen LogP contribution in [0.5, 0.6) is 0 Å². The van der Waals surface area contributed by atoms with Gasteiger partial charge in [-0.1, -0.05) is 13.8 Å². The van der Waals surface area contributed by atoms with Gasteiger partial charge in [0.1, 0.15) is 0 Å². The van der Waals surface area contributed by atoms with Crippen molar-refractivity contribution in [3.05, 3.63) is 0 Å². The van der Waals surface area contributed by atoms with Gasteiger partial charge in [0.05, 0.1) is 13.2 Å². The lowest BCUT2D eigenvalue weighted by Gasteiger charge is -2.13. The molecule has 0 saturated carbocycles. The molecule has 0 heterocycles. The van der Waals surface area contributed by atoms with Gasteiger partial charge < -0.3 is 9.63 Å². The van der Waals surface area contributed by atoms with Crippen molar-refractivity contribution in [3.63, 3.8) is 0 Å². The maximum absolute atomic E-state index is 11.4. The SMILES string of the molecule is CCP(=O)(CC)OCCO. The summed E-state index contributed by atoms with van der Waals surface area (Å²) in [5, 5.41) is 8.37. The molecule has 1 N–H and O–H groups in total. The van der Waals surface area contributed by atoms with Crippen LogP contribution in [0.1, 0.15) is 13.8 Å². The molecule has 0 fully saturated rings. The van der Waals surface area contributed by atoms with Gasteiger partial charge in [0.15, 0.2) is 0 Å². The van der Waals surface area contributed by atoms with Crippen LogP contribution in [0.15, 0.2) is 0 Å². The van der Waals surface area contributed by atoms with Crippen LogP contribution in [0.3, 0.4) is 0 Å². The van der Waals surface area contributed by atoms with E-state index in [1.807, 2.05) is 13.8 Å². The molecule has 0 aromatic heterocycles. The van der Waals surface area contributed by atoms with Gasteiger partial charge in [-0.2, -0.15) is 0 Å². The number of rotatable bonds is 5. The quantitative estimate of drug-likeness (QED) is 0.626. The average Bonchev–Trinajstić information content (AvgIpc) is 2.00. The van der Waals surface area contributed by atoms with E-state index in [4.69, 9.17) is 9.63 Å². The Hall–Kier alpha value is 0.150. The van der Waals surface area contributed by atoms with Gasteiger partial charge in [-0.25, -0.2) is 0 Å². The van der Waals surface area contributed by atoms with Crippen LogP contribution in [0.4, 0.5) is 0 Å². The second kappa shape index (κ2) is 4.89. The van der Waals surface area contributed by atoms with E-state index in [2.05, 4.69) is 0 Å². The molecule has 0 aliphatic heterocycles. The third-order valence-electron chi connectivity index (χ3n) is 1.38. The van der Waals surface area contributed by atoms with E-state index in [1.54, 1.807) is 0 Å². The molecule has 0 amide bonds. The second-order valence-electron chi connectivity index (χ2n) is 2.00. The third kappa shape index (κ3) is 3.35. The molecule has 0 aromatic carbocycles. The fourth-order valence-corrected chi connectivity index (χ4v) is 1.84. The zero-order chi connectivity index (χ0) is 8.04. The molecule has 62 valence electrons. The zero-order valence-corrected chi connectivity index (χ0v) is 7.43. The van der Waals surface area contributed by atoms with Crippen molar-refractivity contribution in [1.29, 1.82) is 0 Å². The van der Waals surface area contributed by atoms with Gasteiger partial charge >= 0.3 is 0 Å². The molecule has 0 unspecified atom stereocenters. The summed E-state index contributed by atoms with van der Waals surface area (Å²) in [7, 11) is -2.36. The largest absolute Gasteiger partial charge is 0.394 e. The molecular formula is C6H15O3P. The van der Waals surface area contributed by atoms with Crippen LogP contribution in [-0.2, 0) is 9.09 Å². The van der Waals surface area contributed by atoms with E-state index in [1.165, 1.54) is 0 Å². The standard InChI is InChI=1S/C6H15O3P/c1-3-10(8,4-2)9-6-5-7/h7H,3-6H2,1-2H3. The summed E-state index contributed by atoms with van der Waals surface area (Å²) in [4.78, 5) is 0. The minimum Gasteiger partial charge on any atom is -0.394 e. The number of aliphatic hydroxyl groups is 1. The van der Waals surface area contributed by atoms with Gasteiger partial charge in [-0.3, -0.25) is 4.57 Å². The summed E-state index contributed by atoms with van der Waals surface area (Å²) in [5.74, 6) is 0. The molecule has 0 aliphatic carbocycles. The molecule has 0 atom stereocenters. The lowest BCUT2D eigenvalue weighted by atomic mass is 10.8. The minimum absolute atomic E-state index is 0.0516. The number of hydrogen-bond donors (Lipinski definition) is 1. The van der Waals surface area contributed by atoms with Gasteiger partial charge in [0, 0.05) is 12.3 Å². The van der Waals surface area contributed by atoms with Gasteiger partial charge in [-0.15, -0.1) is 0 Å². The summed E-state index contributed by atoms with van der Waals surface area (Å²) in [6.45, 7) is 3.81. The maximum atomic E-state index is 11.4. The highest BCUT2D eigenvalue weighted by Gasteiger charge is 2.16. The Bertz CT molecular complexity index is 116. The smallest absolute Gasteiger partial charge is 0.202 e. The molecule has 10 heavy (non-hydrogen) atoms. The normalized spacial score (nSPS) is 11.9. The van der Waals surface area contributed by atoms with E-state index < -0.39 is 7.37 Å². The Morgan fingerprint density at radius 1 is 1.40 bits per heavy atom. The summed E-state index contributed by atoms with van der Waals surface area (Å²) in [6, 6.07) is 0. The minimum atomic E-state index is -2.36. The predicted octanol–water partition coefficient (Wildman–Crippen LogP) is 1.31. The first-order chi connectivity index (χ1) is 4.68. The molecule has 0 radical (unpaired) electrons. The highest BCUT2D eigenvalue weighted by Crippen LogP contribution is 2.45. The Balaban J connectivity index is 3.70. The molecule has 3 nitrogen and oxygen atoms in total. The van der Waals surface area contributed by atoms with Crippen molar-refractivity contribution in [3.8, 4) is 0 Å². The fourth-order valence-electron chi connectivity index (χ4n) is 0.613. The topological polar surface area (TPSA) is 46.5 Å². The Kier molecular flexibility index (Phi) is 4.96. The number of hydrogen-bond acceptors (Lipinski definition) is 3. The van der Waals surface area contributed by atoms with Crippen molar-refractivity contribution in [2.75, 3.05) is 25.5 Å². The van der Waals surface area contributed by atoms with Crippen molar-refractivity contribution < 1.29 is 14.2 Å². The molecule has 4 heteroatoms. The van der Waals surface area contributed by atoms with E-state index in [0.717, 1.165) is 0 Å². The highest BCUT2D eigenvalue weighted by molar-refractivity contribution is 7.58. The zero-order valence-electron chi connectivity index (χ0n) is 6.54. The van der Waals surface area contributed by atoms with E-state index in [9.17, 15) is 4.57 Å². The molecule has 0 aliphatic rings. The summed E-state index contributed by atoms with van der Waals surface area (Å²) in [6.07, 6.45) is 1.12. The predicted molar refractivity (Wildman–Crippen MR) is 41.7 cm³/mol. The van der Waals surface area contributed by atoms with Crippen molar-refractivity contribution >= 4 is 7.37 Å². The highest BCUT2D eigenvalue weighted by atomic mass is 31.2. The van der Waals surface area contributed by atoms with Gasteiger partial charge in [0.2, 0.25) is 7.37 Å². The van der Waals surface area contributed by atoms with Crippen LogP contribution in [0.2, 0.25) is 0 Å². The lowest BCUT2D eigenvalue weighted by Crippen LogP contribution is -2.00. The molecular weight excluding hydrogens is 151 g/mol. The van der Waals surface area contributed by atoms with Crippen molar-refractivity contribution in [2.45, 2.75) is 13.8 Å². The first kappa shape index (κ1) is 10.2. The molecule has 0 spiro atoms. The first-order valence-electron chi connectivity index (χ1n) is 3.52. The Labute approximate surface area is 61.8 Å². The van der Waals surface area contributed by atoms with E-state index in [-0.39, 0.29) is 13.2 Å². The molecule has 0 aromatic rings. The Morgan fingerprint density at radius 2 is 1.90 bits per heavy atom. The lowest BCUT2D eigenvalue weighted by molar-refractivity contribution is 0.203. The average molecular weight is 166 g/mol. The summed E-state index contributed by atoms with van der Waals surface area (Å²) < 4.78 is 16.4. The number of aliphatic hydroxyl groups excluding tert-OH is 1. The summed E-state index contributed by atoms with van der Waals surface area (Å²) in [5.41, 5.74) is 0.